The molecule has 1 aliphatic rings. The van der Waals surface area contributed by atoms with E-state index in [2.05, 4.69) is 15.9 Å². The van der Waals surface area contributed by atoms with Gasteiger partial charge in [0.15, 0.2) is 0 Å². The molecule has 6 heteroatoms. The van der Waals surface area contributed by atoms with Gasteiger partial charge in [0.1, 0.15) is 10.7 Å². The van der Waals surface area contributed by atoms with E-state index in [0.717, 1.165) is 32.1 Å². The van der Waals surface area contributed by atoms with Crippen molar-refractivity contribution in [1.82, 2.24) is 4.31 Å². The molecule has 1 heterocycles. The van der Waals surface area contributed by atoms with E-state index in [0.29, 0.717) is 17.6 Å². The van der Waals surface area contributed by atoms with Gasteiger partial charge in [0.2, 0.25) is 10.0 Å². The first kappa shape index (κ1) is 14.9. The Hall–Kier alpha value is -0.460. The van der Waals surface area contributed by atoms with Crippen molar-refractivity contribution in [3.63, 3.8) is 0 Å². The first-order chi connectivity index (χ1) is 9.01. The third-order valence-electron chi connectivity index (χ3n) is 3.33. The van der Waals surface area contributed by atoms with Crippen LogP contribution in [0.5, 0.6) is 0 Å². The van der Waals surface area contributed by atoms with Crippen molar-refractivity contribution < 1.29 is 12.8 Å². The third kappa shape index (κ3) is 3.55. The highest BCUT2D eigenvalue weighted by Gasteiger charge is 2.27. The van der Waals surface area contributed by atoms with E-state index in [1.54, 1.807) is 6.07 Å². The van der Waals surface area contributed by atoms with Crippen LogP contribution in [0.4, 0.5) is 4.39 Å². The average Bonchev–Trinajstić information content (AvgIpc) is 2.26. The molecule has 0 spiro atoms. The van der Waals surface area contributed by atoms with Crippen molar-refractivity contribution in [2.24, 2.45) is 0 Å². The monoisotopic (exact) mass is 349 g/mol. The zero-order chi connectivity index (χ0) is 13.9. The van der Waals surface area contributed by atoms with Crippen LogP contribution in [-0.4, -0.2) is 25.8 Å². The largest absolute Gasteiger partial charge is 0.245 e. The van der Waals surface area contributed by atoms with Crippen LogP contribution >= 0.6 is 15.9 Å². The SMILES string of the molecule is O=S(=O)(c1ccc(Br)cc1F)N1CCCCCCC1. The van der Waals surface area contributed by atoms with Gasteiger partial charge in [-0.15, -0.1) is 0 Å². The number of hydrogen-bond donors (Lipinski definition) is 0. The molecule has 1 aromatic rings. The number of nitrogens with zero attached hydrogens (tertiary/aromatic N) is 1. The van der Waals surface area contributed by atoms with Gasteiger partial charge in [-0.2, -0.15) is 4.31 Å². The molecule has 0 aliphatic carbocycles. The molecule has 1 fully saturated rings. The molecule has 1 aliphatic heterocycles. The molecular weight excluding hydrogens is 333 g/mol. The Morgan fingerprint density at radius 1 is 1.05 bits per heavy atom. The van der Waals surface area contributed by atoms with Crippen molar-refractivity contribution in [3.05, 3.63) is 28.5 Å². The smallest absolute Gasteiger partial charge is 0.207 e. The minimum Gasteiger partial charge on any atom is -0.207 e. The standard InChI is InChI=1S/C13H17BrFNO2S/c14-11-6-7-13(12(15)10-11)19(17,18)16-8-4-2-1-3-5-9-16/h6-7,10H,1-5,8-9H2. The second-order valence-corrected chi connectivity index (χ2v) is 7.57. The number of benzene rings is 1. The molecule has 0 amide bonds. The molecule has 2 rings (SSSR count). The summed E-state index contributed by atoms with van der Waals surface area (Å²) in [5.41, 5.74) is 0. The van der Waals surface area contributed by atoms with Gasteiger partial charge >= 0.3 is 0 Å². The predicted molar refractivity (Wildman–Crippen MR) is 75.9 cm³/mol. The van der Waals surface area contributed by atoms with Gasteiger partial charge in [-0.05, 0) is 31.0 Å². The normalized spacial score (nSPS) is 18.8. The Morgan fingerprint density at radius 3 is 2.21 bits per heavy atom. The zero-order valence-electron chi connectivity index (χ0n) is 10.6. The van der Waals surface area contributed by atoms with Crippen molar-refractivity contribution in [2.75, 3.05) is 13.1 Å². The number of hydrogen-bond acceptors (Lipinski definition) is 2. The molecule has 19 heavy (non-hydrogen) atoms. The maximum absolute atomic E-state index is 13.8. The summed E-state index contributed by atoms with van der Waals surface area (Å²) < 4.78 is 40.7. The molecule has 0 N–H and O–H groups in total. The molecule has 0 aromatic heterocycles. The summed E-state index contributed by atoms with van der Waals surface area (Å²) >= 11 is 3.13. The lowest BCUT2D eigenvalue weighted by molar-refractivity contribution is 0.362. The summed E-state index contributed by atoms with van der Waals surface area (Å²) in [5.74, 6) is -0.698. The molecule has 0 atom stereocenters. The molecule has 0 saturated carbocycles. The zero-order valence-corrected chi connectivity index (χ0v) is 13.0. The molecule has 0 radical (unpaired) electrons. The molecule has 0 bridgehead atoms. The summed E-state index contributed by atoms with van der Waals surface area (Å²) in [7, 11) is -3.71. The lowest BCUT2D eigenvalue weighted by atomic mass is 10.1. The maximum atomic E-state index is 13.8. The molecule has 0 unspecified atom stereocenters. The maximum Gasteiger partial charge on any atom is 0.245 e. The number of rotatable bonds is 2. The minimum absolute atomic E-state index is 0.226. The van der Waals surface area contributed by atoms with E-state index in [-0.39, 0.29) is 4.90 Å². The van der Waals surface area contributed by atoms with Crippen LogP contribution < -0.4 is 0 Å². The highest BCUT2D eigenvalue weighted by molar-refractivity contribution is 9.10. The fourth-order valence-electron chi connectivity index (χ4n) is 2.28. The van der Waals surface area contributed by atoms with Crippen molar-refractivity contribution >= 4 is 26.0 Å². The highest BCUT2D eigenvalue weighted by Crippen LogP contribution is 2.24. The van der Waals surface area contributed by atoms with Gasteiger partial charge in [0.05, 0.1) is 0 Å². The highest BCUT2D eigenvalue weighted by atomic mass is 79.9. The van der Waals surface area contributed by atoms with E-state index in [4.69, 9.17) is 0 Å². The first-order valence-electron chi connectivity index (χ1n) is 6.47. The van der Waals surface area contributed by atoms with E-state index >= 15 is 0 Å². The van der Waals surface area contributed by atoms with E-state index in [9.17, 15) is 12.8 Å². The van der Waals surface area contributed by atoms with Crippen LogP contribution in [0, 0.1) is 5.82 Å². The van der Waals surface area contributed by atoms with E-state index in [1.807, 2.05) is 0 Å². The Bertz CT molecular complexity index is 540. The van der Waals surface area contributed by atoms with Crippen LogP contribution in [0.15, 0.2) is 27.6 Å². The number of halogens is 2. The van der Waals surface area contributed by atoms with Crippen molar-refractivity contribution in [2.45, 2.75) is 37.0 Å². The summed E-state index contributed by atoms with van der Waals surface area (Å²) in [4.78, 5) is -0.226. The van der Waals surface area contributed by atoms with E-state index < -0.39 is 15.8 Å². The molecule has 1 saturated heterocycles. The summed E-state index contributed by atoms with van der Waals surface area (Å²) in [6.45, 7) is 0.968. The number of sulfonamides is 1. The minimum atomic E-state index is -3.71. The fourth-order valence-corrected chi connectivity index (χ4v) is 4.18. The van der Waals surface area contributed by atoms with E-state index in [1.165, 1.54) is 16.4 Å². The Labute approximate surface area is 122 Å². The quantitative estimate of drug-likeness (QED) is 0.818. The van der Waals surface area contributed by atoms with Gasteiger partial charge in [-0.1, -0.05) is 35.2 Å². The lowest BCUT2D eigenvalue weighted by Crippen LogP contribution is -2.34. The van der Waals surface area contributed by atoms with Crippen molar-refractivity contribution in [1.29, 1.82) is 0 Å². The molecule has 106 valence electrons. The lowest BCUT2D eigenvalue weighted by Gasteiger charge is -2.24. The molecular formula is C13H17BrFNO2S. The Morgan fingerprint density at radius 2 is 1.63 bits per heavy atom. The third-order valence-corrected chi connectivity index (χ3v) is 5.75. The second-order valence-electron chi connectivity index (χ2n) is 4.75. The van der Waals surface area contributed by atoms with Crippen LogP contribution in [0.2, 0.25) is 0 Å². The van der Waals surface area contributed by atoms with Gasteiger partial charge in [-0.25, -0.2) is 12.8 Å². The van der Waals surface area contributed by atoms with Gasteiger partial charge in [0.25, 0.3) is 0 Å². The average molecular weight is 350 g/mol. The van der Waals surface area contributed by atoms with Crippen LogP contribution in [-0.2, 0) is 10.0 Å². The van der Waals surface area contributed by atoms with Gasteiger partial charge in [-0.3, -0.25) is 0 Å². The predicted octanol–water partition coefficient (Wildman–Crippen LogP) is 3.54. The Balaban J connectivity index is 2.29. The Kier molecular flexibility index (Phi) is 4.97. The van der Waals surface area contributed by atoms with Crippen molar-refractivity contribution in [3.8, 4) is 0 Å². The topological polar surface area (TPSA) is 37.4 Å². The summed E-state index contributed by atoms with van der Waals surface area (Å²) in [5, 5.41) is 0. The van der Waals surface area contributed by atoms with Crippen LogP contribution in [0.25, 0.3) is 0 Å². The van der Waals surface area contributed by atoms with Gasteiger partial charge in [0, 0.05) is 17.6 Å². The van der Waals surface area contributed by atoms with Crippen LogP contribution in [0.1, 0.15) is 32.1 Å². The molecule has 3 nitrogen and oxygen atoms in total. The fraction of sp³-hybridized carbons (Fsp3) is 0.538. The van der Waals surface area contributed by atoms with Crippen LogP contribution in [0.3, 0.4) is 0 Å². The van der Waals surface area contributed by atoms with Gasteiger partial charge < -0.3 is 0 Å². The second kappa shape index (κ2) is 6.33. The summed E-state index contributed by atoms with van der Waals surface area (Å²) in [6.07, 6.45) is 4.92. The first-order valence-corrected chi connectivity index (χ1v) is 8.70. The molecule has 1 aromatic carbocycles. The summed E-state index contributed by atoms with van der Waals surface area (Å²) in [6, 6.07) is 4.07.